The van der Waals surface area contributed by atoms with Gasteiger partial charge in [0.25, 0.3) is 0 Å². The van der Waals surface area contributed by atoms with E-state index in [4.69, 9.17) is 0 Å². The molecule has 1 unspecified atom stereocenters. The third-order valence-corrected chi connectivity index (χ3v) is 5.54. The second-order valence-electron chi connectivity index (χ2n) is 7.40. The Morgan fingerprint density at radius 1 is 1.11 bits per heavy atom. The van der Waals surface area contributed by atoms with Crippen molar-refractivity contribution in [2.45, 2.75) is 39.2 Å². The molecule has 0 bridgehead atoms. The second-order valence-corrected chi connectivity index (χ2v) is 7.40. The fourth-order valence-electron chi connectivity index (χ4n) is 3.69. The first kappa shape index (κ1) is 24.7. The number of benzene rings is 1. The molecule has 158 valence electrons. The molecule has 3 rings (SSSR count). The third kappa shape index (κ3) is 6.34. The maximum absolute atomic E-state index is 12.6. The van der Waals surface area contributed by atoms with Gasteiger partial charge in [-0.25, -0.2) is 0 Å². The Kier molecular flexibility index (Phi) is 10.2. The molecule has 2 aliphatic rings. The summed E-state index contributed by atoms with van der Waals surface area (Å²) in [6.07, 6.45) is 3.23. The van der Waals surface area contributed by atoms with E-state index < -0.39 is 0 Å². The van der Waals surface area contributed by atoms with E-state index >= 15 is 0 Å². The number of amides is 2. The standard InChI is InChI=1S/C20H30N4O2.2ClH/c1-15-6-5-8-17(16(15)2)22-19(25)14-23-10-12-24(13-11-23)20(26)18-7-3-4-9-21-18;;/h5-6,8,18,21H,3-4,7,9-14H2,1-2H3,(H,22,25);2*1H. The molecule has 0 radical (unpaired) electrons. The summed E-state index contributed by atoms with van der Waals surface area (Å²) in [7, 11) is 0. The Morgan fingerprint density at radius 2 is 1.82 bits per heavy atom. The summed E-state index contributed by atoms with van der Waals surface area (Å²) in [5, 5.41) is 6.34. The lowest BCUT2D eigenvalue weighted by Crippen LogP contribution is -2.55. The fraction of sp³-hybridized carbons (Fsp3) is 0.600. The zero-order valence-corrected chi connectivity index (χ0v) is 18.3. The predicted molar refractivity (Wildman–Crippen MR) is 118 cm³/mol. The zero-order chi connectivity index (χ0) is 18.5. The first-order valence-electron chi connectivity index (χ1n) is 9.65. The normalized spacial score (nSPS) is 19.9. The number of anilines is 1. The van der Waals surface area contributed by atoms with E-state index in [1.165, 1.54) is 5.56 Å². The monoisotopic (exact) mass is 430 g/mol. The second kappa shape index (κ2) is 11.6. The zero-order valence-electron chi connectivity index (χ0n) is 16.7. The van der Waals surface area contributed by atoms with Gasteiger partial charge in [-0.1, -0.05) is 18.6 Å². The summed E-state index contributed by atoms with van der Waals surface area (Å²) in [6, 6.07) is 5.93. The maximum atomic E-state index is 12.6. The largest absolute Gasteiger partial charge is 0.339 e. The van der Waals surface area contributed by atoms with Crippen LogP contribution >= 0.6 is 24.8 Å². The van der Waals surface area contributed by atoms with E-state index in [2.05, 4.69) is 15.5 Å². The molecule has 0 spiro atoms. The van der Waals surface area contributed by atoms with E-state index in [1.807, 2.05) is 36.9 Å². The number of hydrogen-bond donors (Lipinski definition) is 2. The van der Waals surface area contributed by atoms with E-state index in [0.29, 0.717) is 19.6 Å². The predicted octanol–water partition coefficient (Wildman–Crippen LogP) is 2.37. The highest BCUT2D eigenvalue weighted by Gasteiger charge is 2.28. The van der Waals surface area contributed by atoms with Gasteiger partial charge in [0.15, 0.2) is 0 Å². The van der Waals surface area contributed by atoms with Crippen molar-refractivity contribution in [1.82, 2.24) is 15.1 Å². The lowest BCUT2D eigenvalue weighted by Gasteiger charge is -2.37. The van der Waals surface area contributed by atoms with Crippen LogP contribution in [0.3, 0.4) is 0 Å². The fourth-order valence-corrected chi connectivity index (χ4v) is 3.69. The number of rotatable bonds is 4. The molecule has 0 saturated carbocycles. The number of piperidine rings is 1. The molecular formula is C20H32Cl2N4O2. The molecule has 1 aromatic carbocycles. The first-order valence-corrected chi connectivity index (χ1v) is 9.65. The van der Waals surface area contributed by atoms with Crippen molar-refractivity contribution >= 4 is 42.3 Å². The third-order valence-electron chi connectivity index (χ3n) is 5.54. The Bertz CT molecular complexity index is 658. The number of aryl methyl sites for hydroxylation is 1. The quantitative estimate of drug-likeness (QED) is 0.769. The minimum atomic E-state index is -0.0112. The molecule has 28 heavy (non-hydrogen) atoms. The van der Waals surface area contributed by atoms with E-state index in [9.17, 15) is 9.59 Å². The van der Waals surface area contributed by atoms with Crippen molar-refractivity contribution in [3.63, 3.8) is 0 Å². The van der Waals surface area contributed by atoms with Crippen LogP contribution in [0, 0.1) is 13.8 Å². The van der Waals surface area contributed by atoms with Gasteiger partial charge in [0.2, 0.25) is 11.8 Å². The Balaban J connectivity index is 0.00000196. The van der Waals surface area contributed by atoms with Crippen molar-refractivity contribution in [3.8, 4) is 0 Å². The summed E-state index contributed by atoms with van der Waals surface area (Å²) in [5.74, 6) is 0.233. The highest BCUT2D eigenvalue weighted by molar-refractivity contribution is 5.93. The van der Waals surface area contributed by atoms with Crippen molar-refractivity contribution < 1.29 is 9.59 Å². The van der Waals surface area contributed by atoms with Crippen LogP contribution in [-0.4, -0.2) is 66.9 Å². The topological polar surface area (TPSA) is 64.7 Å². The van der Waals surface area contributed by atoms with Crippen LogP contribution in [0.15, 0.2) is 18.2 Å². The summed E-state index contributed by atoms with van der Waals surface area (Å²) in [6.45, 7) is 8.28. The van der Waals surface area contributed by atoms with Crippen molar-refractivity contribution in [2.75, 3.05) is 44.6 Å². The number of carbonyl (C=O) groups is 2. The van der Waals surface area contributed by atoms with Gasteiger partial charge < -0.3 is 15.5 Å². The van der Waals surface area contributed by atoms with Crippen LogP contribution in [0.2, 0.25) is 0 Å². The van der Waals surface area contributed by atoms with Gasteiger partial charge in [-0.05, 0) is 50.4 Å². The average molecular weight is 431 g/mol. The van der Waals surface area contributed by atoms with Gasteiger partial charge in [0.1, 0.15) is 0 Å². The smallest absolute Gasteiger partial charge is 0.239 e. The van der Waals surface area contributed by atoms with Crippen LogP contribution < -0.4 is 10.6 Å². The summed E-state index contributed by atoms with van der Waals surface area (Å²) < 4.78 is 0. The van der Waals surface area contributed by atoms with Gasteiger partial charge in [0, 0.05) is 31.9 Å². The highest BCUT2D eigenvalue weighted by Crippen LogP contribution is 2.18. The molecule has 2 saturated heterocycles. The number of carbonyl (C=O) groups excluding carboxylic acids is 2. The number of nitrogens with one attached hydrogen (secondary N) is 2. The van der Waals surface area contributed by atoms with Crippen molar-refractivity contribution in [3.05, 3.63) is 29.3 Å². The minimum Gasteiger partial charge on any atom is -0.339 e. The van der Waals surface area contributed by atoms with Gasteiger partial charge >= 0.3 is 0 Å². The van der Waals surface area contributed by atoms with E-state index in [1.54, 1.807) is 0 Å². The molecule has 6 nitrogen and oxygen atoms in total. The van der Waals surface area contributed by atoms with Gasteiger partial charge in [0.05, 0.1) is 12.6 Å². The maximum Gasteiger partial charge on any atom is 0.239 e. The average Bonchev–Trinajstić information content (AvgIpc) is 2.66. The number of halogens is 2. The Labute approximate surface area is 180 Å². The van der Waals surface area contributed by atoms with Crippen LogP contribution in [0.1, 0.15) is 30.4 Å². The van der Waals surface area contributed by atoms with Gasteiger partial charge in [-0.3, -0.25) is 14.5 Å². The number of hydrogen-bond acceptors (Lipinski definition) is 4. The lowest BCUT2D eigenvalue weighted by molar-refractivity contribution is -0.135. The minimum absolute atomic E-state index is 0. The molecule has 2 N–H and O–H groups in total. The molecule has 0 aliphatic carbocycles. The van der Waals surface area contributed by atoms with E-state index in [-0.39, 0.29) is 42.7 Å². The molecule has 8 heteroatoms. The Morgan fingerprint density at radius 3 is 2.46 bits per heavy atom. The van der Waals surface area contributed by atoms with Crippen molar-refractivity contribution in [1.29, 1.82) is 0 Å². The molecule has 2 amide bonds. The summed E-state index contributed by atoms with van der Waals surface area (Å²) in [5.41, 5.74) is 3.16. The molecular weight excluding hydrogens is 399 g/mol. The van der Waals surface area contributed by atoms with Crippen LogP contribution in [0.5, 0.6) is 0 Å². The number of nitrogens with zero attached hydrogens (tertiary/aromatic N) is 2. The van der Waals surface area contributed by atoms with Gasteiger partial charge in [-0.15, -0.1) is 24.8 Å². The molecule has 2 heterocycles. The SMILES string of the molecule is Cc1cccc(NC(=O)CN2CCN(C(=O)C3CCCCN3)CC2)c1C.Cl.Cl. The molecule has 0 aromatic heterocycles. The van der Waals surface area contributed by atoms with Crippen molar-refractivity contribution in [2.24, 2.45) is 0 Å². The van der Waals surface area contributed by atoms with Crippen LogP contribution in [-0.2, 0) is 9.59 Å². The molecule has 1 atom stereocenters. The highest BCUT2D eigenvalue weighted by atomic mass is 35.5. The molecule has 2 aliphatic heterocycles. The lowest BCUT2D eigenvalue weighted by atomic mass is 10.0. The summed E-state index contributed by atoms with van der Waals surface area (Å²) >= 11 is 0. The first-order chi connectivity index (χ1) is 12.5. The number of piperazine rings is 1. The van der Waals surface area contributed by atoms with E-state index in [0.717, 1.165) is 50.1 Å². The molecule has 2 fully saturated rings. The van der Waals surface area contributed by atoms with Crippen LogP contribution in [0.25, 0.3) is 0 Å². The van der Waals surface area contributed by atoms with Crippen LogP contribution in [0.4, 0.5) is 5.69 Å². The summed E-state index contributed by atoms with van der Waals surface area (Å²) in [4.78, 5) is 29.0. The van der Waals surface area contributed by atoms with Gasteiger partial charge in [-0.2, -0.15) is 0 Å². The molecule has 1 aromatic rings. The Hall–Kier alpha value is -1.34.